The number of rotatable bonds is 4. The van der Waals surface area contributed by atoms with E-state index in [1.807, 2.05) is 38.1 Å². The van der Waals surface area contributed by atoms with Crippen molar-refractivity contribution in [3.8, 4) is 0 Å². The van der Waals surface area contributed by atoms with Crippen LogP contribution < -0.4 is 5.32 Å². The summed E-state index contributed by atoms with van der Waals surface area (Å²) in [6.45, 7) is 4.26. The number of fused-ring (bicyclic) bond motifs is 1. The third-order valence-corrected chi connectivity index (χ3v) is 2.64. The fourth-order valence-electron chi connectivity index (χ4n) is 1.90. The number of para-hydroxylation sites is 1. The number of aromatic nitrogens is 2. The number of nitrogens with zero attached hydrogens (tertiary/aromatic N) is 1. The van der Waals surface area contributed by atoms with Gasteiger partial charge in [0, 0.05) is 12.5 Å². The summed E-state index contributed by atoms with van der Waals surface area (Å²) in [5.74, 6) is -0.200. The predicted molar refractivity (Wildman–Crippen MR) is 69.5 cm³/mol. The van der Waals surface area contributed by atoms with E-state index in [1.165, 1.54) is 0 Å². The predicted octanol–water partition coefficient (Wildman–Crippen LogP) is 1.72. The molecule has 1 amide bonds. The van der Waals surface area contributed by atoms with Gasteiger partial charge in [-0.1, -0.05) is 18.2 Å². The van der Waals surface area contributed by atoms with Crippen LogP contribution in [0.1, 0.15) is 24.3 Å². The average Bonchev–Trinajstić information content (AvgIpc) is 2.71. The molecule has 0 aliphatic rings. The number of benzene rings is 1. The van der Waals surface area contributed by atoms with E-state index in [9.17, 15) is 4.79 Å². The van der Waals surface area contributed by atoms with Crippen LogP contribution in [0, 0.1) is 0 Å². The smallest absolute Gasteiger partial charge is 0.272 e. The molecule has 18 heavy (non-hydrogen) atoms. The first-order chi connectivity index (χ1) is 8.53. The van der Waals surface area contributed by atoms with Gasteiger partial charge in [0.05, 0.1) is 17.7 Å². The maximum Gasteiger partial charge on any atom is 0.272 e. The first kappa shape index (κ1) is 12.6. The van der Waals surface area contributed by atoms with E-state index in [2.05, 4.69) is 15.5 Å². The minimum atomic E-state index is -0.425. The van der Waals surface area contributed by atoms with Crippen LogP contribution in [0.25, 0.3) is 10.9 Å². The zero-order valence-corrected chi connectivity index (χ0v) is 10.8. The fraction of sp³-hybridized carbons (Fsp3) is 0.385. The molecule has 1 aromatic heterocycles. The van der Waals surface area contributed by atoms with Gasteiger partial charge in [-0.05, 0) is 19.9 Å². The molecule has 5 nitrogen and oxygen atoms in total. The van der Waals surface area contributed by atoms with Crippen LogP contribution in [0.5, 0.6) is 0 Å². The van der Waals surface area contributed by atoms with Crippen LogP contribution in [0.2, 0.25) is 0 Å². The molecule has 5 heteroatoms. The van der Waals surface area contributed by atoms with Crippen molar-refractivity contribution in [2.45, 2.75) is 19.4 Å². The Morgan fingerprint density at radius 2 is 2.17 bits per heavy atom. The number of carbonyl (C=O) groups is 1. The lowest BCUT2D eigenvalue weighted by molar-refractivity contribution is 0.0816. The number of H-pyrrole nitrogens is 1. The van der Waals surface area contributed by atoms with Gasteiger partial charge in [0.2, 0.25) is 0 Å². The first-order valence-electron chi connectivity index (χ1n) is 5.78. The van der Waals surface area contributed by atoms with Gasteiger partial charge in [-0.3, -0.25) is 9.89 Å². The van der Waals surface area contributed by atoms with E-state index in [4.69, 9.17) is 4.74 Å². The maximum absolute atomic E-state index is 12.2. The fourth-order valence-corrected chi connectivity index (χ4v) is 1.90. The molecule has 2 rings (SSSR count). The van der Waals surface area contributed by atoms with Crippen LogP contribution >= 0.6 is 0 Å². The molecule has 0 fully saturated rings. The third kappa shape index (κ3) is 2.51. The van der Waals surface area contributed by atoms with E-state index < -0.39 is 5.54 Å². The average molecular weight is 247 g/mol. The molecule has 0 radical (unpaired) electrons. The van der Waals surface area contributed by atoms with Crippen LogP contribution in [-0.2, 0) is 4.74 Å². The van der Waals surface area contributed by atoms with Gasteiger partial charge < -0.3 is 10.1 Å². The summed E-state index contributed by atoms with van der Waals surface area (Å²) in [5.41, 5.74) is 0.841. The van der Waals surface area contributed by atoms with Gasteiger partial charge in [-0.25, -0.2) is 0 Å². The molecule has 2 N–H and O–H groups in total. The van der Waals surface area contributed by atoms with Gasteiger partial charge in [0.15, 0.2) is 5.69 Å². The van der Waals surface area contributed by atoms with Crippen LogP contribution in [0.3, 0.4) is 0 Å². The third-order valence-electron chi connectivity index (χ3n) is 2.64. The zero-order valence-electron chi connectivity index (χ0n) is 10.8. The Morgan fingerprint density at radius 1 is 1.44 bits per heavy atom. The van der Waals surface area contributed by atoms with E-state index in [1.54, 1.807) is 7.11 Å². The largest absolute Gasteiger partial charge is 0.382 e. The Balaban J connectivity index is 2.24. The quantitative estimate of drug-likeness (QED) is 0.864. The molecule has 0 bridgehead atoms. The monoisotopic (exact) mass is 247 g/mol. The Bertz CT molecular complexity index is 560. The standard InChI is InChI=1S/C13H17N3O2/c1-13(2,8-18-3)14-12(17)11-9-6-4-5-7-10(9)15-16-11/h4-7H,8H2,1-3H3,(H,14,17)(H,15,16). The minimum absolute atomic E-state index is 0.200. The van der Waals surface area contributed by atoms with Gasteiger partial charge in [-0.15, -0.1) is 0 Å². The number of amides is 1. The highest BCUT2D eigenvalue weighted by Gasteiger charge is 2.23. The summed E-state index contributed by atoms with van der Waals surface area (Å²) >= 11 is 0. The van der Waals surface area contributed by atoms with Crippen LogP contribution in [0.4, 0.5) is 0 Å². The van der Waals surface area contributed by atoms with Gasteiger partial charge in [0.25, 0.3) is 5.91 Å². The van der Waals surface area contributed by atoms with Crippen molar-refractivity contribution in [3.05, 3.63) is 30.0 Å². The Labute approximate surface area is 106 Å². The number of ether oxygens (including phenoxy) is 1. The number of hydrogen-bond donors (Lipinski definition) is 2. The molecule has 0 saturated heterocycles. The lowest BCUT2D eigenvalue weighted by Crippen LogP contribution is -2.46. The lowest BCUT2D eigenvalue weighted by Gasteiger charge is -2.24. The number of carbonyl (C=O) groups excluding carboxylic acids is 1. The van der Waals surface area contributed by atoms with Crippen molar-refractivity contribution in [1.82, 2.24) is 15.5 Å². The van der Waals surface area contributed by atoms with E-state index >= 15 is 0 Å². The molecule has 0 saturated carbocycles. The zero-order chi connectivity index (χ0) is 13.2. The van der Waals surface area contributed by atoms with Gasteiger partial charge >= 0.3 is 0 Å². The minimum Gasteiger partial charge on any atom is -0.382 e. The molecule has 1 heterocycles. The van der Waals surface area contributed by atoms with Crippen molar-refractivity contribution in [2.75, 3.05) is 13.7 Å². The molecule has 0 atom stereocenters. The molecular weight excluding hydrogens is 230 g/mol. The van der Waals surface area contributed by atoms with E-state index in [0.717, 1.165) is 10.9 Å². The molecule has 0 spiro atoms. The van der Waals surface area contributed by atoms with Crippen molar-refractivity contribution in [3.63, 3.8) is 0 Å². The normalized spacial score (nSPS) is 11.7. The van der Waals surface area contributed by atoms with Crippen LogP contribution in [0.15, 0.2) is 24.3 Å². The second-order valence-corrected chi connectivity index (χ2v) is 4.89. The molecule has 2 aromatic rings. The van der Waals surface area contributed by atoms with Crippen molar-refractivity contribution in [2.24, 2.45) is 0 Å². The van der Waals surface area contributed by atoms with Crippen molar-refractivity contribution < 1.29 is 9.53 Å². The molecule has 0 aliphatic carbocycles. The molecule has 96 valence electrons. The van der Waals surface area contributed by atoms with Crippen LogP contribution in [-0.4, -0.2) is 35.4 Å². The second-order valence-electron chi connectivity index (χ2n) is 4.89. The summed E-state index contributed by atoms with van der Waals surface area (Å²) in [5, 5.41) is 10.6. The number of methoxy groups -OCH3 is 1. The van der Waals surface area contributed by atoms with Gasteiger partial charge in [0.1, 0.15) is 0 Å². The van der Waals surface area contributed by atoms with Crippen molar-refractivity contribution >= 4 is 16.8 Å². The van der Waals surface area contributed by atoms with Gasteiger partial charge in [-0.2, -0.15) is 5.10 Å². The van der Waals surface area contributed by atoms with E-state index in [0.29, 0.717) is 12.3 Å². The molecule has 0 aliphatic heterocycles. The maximum atomic E-state index is 12.2. The summed E-state index contributed by atoms with van der Waals surface area (Å²) in [6.07, 6.45) is 0. The topological polar surface area (TPSA) is 67.0 Å². The lowest BCUT2D eigenvalue weighted by atomic mass is 10.1. The Hall–Kier alpha value is -1.88. The number of nitrogens with one attached hydrogen (secondary N) is 2. The Kier molecular flexibility index (Phi) is 3.34. The van der Waals surface area contributed by atoms with Crippen molar-refractivity contribution in [1.29, 1.82) is 0 Å². The van der Waals surface area contributed by atoms with E-state index in [-0.39, 0.29) is 5.91 Å². The molecule has 1 aromatic carbocycles. The number of hydrogen-bond acceptors (Lipinski definition) is 3. The summed E-state index contributed by atoms with van der Waals surface area (Å²) in [6, 6.07) is 7.54. The second kappa shape index (κ2) is 4.78. The SMILES string of the molecule is COCC(C)(C)NC(=O)c1n[nH]c2ccccc12. The molecule has 0 unspecified atom stereocenters. The Morgan fingerprint density at radius 3 is 2.89 bits per heavy atom. The highest BCUT2D eigenvalue weighted by molar-refractivity contribution is 6.04. The molecular formula is C13H17N3O2. The highest BCUT2D eigenvalue weighted by Crippen LogP contribution is 2.15. The highest BCUT2D eigenvalue weighted by atomic mass is 16.5. The number of aromatic amines is 1. The summed E-state index contributed by atoms with van der Waals surface area (Å²) < 4.78 is 5.07. The first-order valence-corrected chi connectivity index (χ1v) is 5.78. The summed E-state index contributed by atoms with van der Waals surface area (Å²) in [7, 11) is 1.61. The summed E-state index contributed by atoms with van der Waals surface area (Å²) in [4.78, 5) is 12.2.